The molecule has 8 N–H and O–H groups in total. The maximum Gasteiger partial charge on any atom is 0.242 e. The molecule has 12 nitrogen and oxygen atoms in total. The van der Waals surface area contributed by atoms with Gasteiger partial charge in [0.15, 0.2) is 0 Å². The van der Waals surface area contributed by atoms with Crippen LogP contribution in [0.4, 0.5) is 0 Å². The minimum atomic E-state index is -0.111. The standard InChI is InChI=1S/C4H2N6.CH8N6/c1-5-3(9-7-1)4-6-2-8-10-4;2-1(6-3)7(4)5/h1-2H;3-5H2,(H2,2,6). The van der Waals surface area contributed by atoms with Crippen molar-refractivity contribution in [2.24, 2.45) is 58.8 Å². The molecule has 0 saturated carbocycles. The van der Waals surface area contributed by atoms with Gasteiger partial charge in [0.2, 0.25) is 17.6 Å². The quantitative estimate of drug-likeness (QED) is 0.169. The molecule has 0 bridgehead atoms. The van der Waals surface area contributed by atoms with Gasteiger partial charge in [0.25, 0.3) is 0 Å². The highest BCUT2D eigenvalue weighted by Gasteiger charge is 2.07. The number of hydrogen-bond acceptors (Lipinski definition) is 10. The monoisotopic (exact) mass is 238 g/mol. The number of hydrogen-bond donors (Lipinski definition) is 4. The van der Waals surface area contributed by atoms with Crippen LogP contribution in [-0.4, -0.2) is 23.8 Å². The number of rotatable bonds is 0. The lowest BCUT2D eigenvalue weighted by Gasteiger charge is -2.06. The molecule has 0 aromatic carbocycles. The first-order valence-electron chi connectivity index (χ1n) is 4.09. The van der Waals surface area contributed by atoms with Crippen molar-refractivity contribution in [1.82, 2.24) is 5.12 Å². The van der Waals surface area contributed by atoms with E-state index in [1.54, 1.807) is 0 Å². The maximum absolute atomic E-state index is 4.92. The molecule has 0 spiro atoms. The summed E-state index contributed by atoms with van der Waals surface area (Å²) in [5.41, 5.74) is 4.92. The van der Waals surface area contributed by atoms with Gasteiger partial charge in [-0.1, -0.05) is 0 Å². The van der Waals surface area contributed by atoms with Gasteiger partial charge < -0.3 is 11.6 Å². The zero-order valence-corrected chi connectivity index (χ0v) is 8.54. The Bertz CT molecular complexity index is 378. The van der Waals surface area contributed by atoms with Gasteiger partial charge in [-0.2, -0.15) is 0 Å². The number of hydrazone groups is 1. The molecule has 2 aliphatic heterocycles. The van der Waals surface area contributed by atoms with E-state index in [1.165, 1.54) is 12.7 Å². The Morgan fingerprint density at radius 3 is 1.71 bits per heavy atom. The molecular weight excluding hydrogens is 228 g/mol. The van der Waals surface area contributed by atoms with Crippen LogP contribution in [0.1, 0.15) is 0 Å². The zero-order chi connectivity index (χ0) is 12.7. The number of aliphatic imine (C=N–C) groups is 2. The zero-order valence-electron chi connectivity index (χ0n) is 8.54. The minimum Gasteiger partial charge on any atom is -0.366 e. The molecule has 12 heteroatoms. The average molecular weight is 238 g/mol. The third kappa shape index (κ3) is 3.73. The van der Waals surface area contributed by atoms with Crippen LogP contribution >= 0.6 is 0 Å². The molecular formula is C5H10N12. The van der Waals surface area contributed by atoms with Gasteiger partial charge in [-0.05, 0) is 0 Å². The fourth-order valence-corrected chi connectivity index (χ4v) is 0.645. The molecule has 2 aliphatic rings. The number of azo groups is 2. The van der Waals surface area contributed by atoms with E-state index in [9.17, 15) is 0 Å². The van der Waals surface area contributed by atoms with Crippen molar-refractivity contribution >= 4 is 18.6 Å². The minimum absolute atomic E-state index is 0.111. The van der Waals surface area contributed by atoms with E-state index in [4.69, 9.17) is 17.4 Å². The lowest BCUT2D eigenvalue weighted by atomic mass is 10.7. The van der Waals surface area contributed by atoms with Gasteiger partial charge in [0, 0.05) is 0 Å². The lowest BCUT2D eigenvalue weighted by Crippen LogP contribution is -2.48. The molecule has 0 amide bonds. The highest BCUT2D eigenvalue weighted by molar-refractivity contribution is 5.76. The average Bonchev–Trinajstić information content (AvgIpc) is 2.99. The van der Waals surface area contributed by atoms with Crippen molar-refractivity contribution in [1.29, 1.82) is 0 Å². The van der Waals surface area contributed by atoms with Crippen LogP contribution in [0.3, 0.4) is 0 Å². The summed E-state index contributed by atoms with van der Waals surface area (Å²) >= 11 is 0. The van der Waals surface area contributed by atoms with Crippen molar-refractivity contribution < 1.29 is 0 Å². The summed E-state index contributed by atoms with van der Waals surface area (Å²) in [5, 5.41) is 17.9. The summed E-state index contributed by atoms with van der Waals surface area (Å²) in [6.07, 6.45) is 2.68. The Kier molecular flexibility index (Phi) is 4.34. The van der Waals surface area contributed by atoms with Crippen molar-refractivity contribution in [3.63, 3.8) is 0 Å². The summed E-state index contributed by atoms with van der Waals surface area (Å²) in [6, 6.07) is 0. The van der Waals surface area contributed by atoms with Gasteiger partial charge in [0.1, 0.15) is 12.7 Å². The van der Waals surface area contributed by atoms with E-state index in [0.29, 0.717) is 16.8 Å². The highest BCUT2D eigenvalue weighted by atomic mass is 15.6. The fraction of sp³-hybridized carbons (Fsp3) is 0. The Morgan fingerprint density at radius 1 is 1.06 bits per heavy atom. The molecule has 0 radical (unpaired) electrons. The van der Waals surface area contributed by atoms with Crippen LogP contribution in [0, 0.1) is 0 Å². The van der Waals surface area contributed by atoms with Crippen LogP contribution in [0.5, 0.6) is 0 Å². The van der Waals surface area contributed by atoms with Crippen molar-refractivity contribution in [2.75, 3.05) is 0 Å². The Labute approximate surface area is 95.1 Å². The first kappa shape index (κ1) is 12.3. The molecule has 2 rings (SSSR count). The molecule has 0 atom stereocenters. The van der Waals surface area contributed by atoms with Gasteiger partial charge in [-0.15, -0.1) is 25.6 Å². The van der Waals surface area contributed by atoms with Gasteiger partial charge in [0.05, 0.1) is 0 Å². The third-order valence-electron chi connectivity index (χ3n) is 1.37. The SMILES string of the molecule is C1=NC(=C2N=CN=N2)N=N1.NN=C(N)N(N)N. The first-order valence-corrected chi connectivity index (χ1v) is 4.09. The van der Waals surface area contributed by atoms with Gasteiger partial charge in [-0.3, -0.25) is 0 Å². The van der Waals surface area contributed by atoms with Crippen LogP contribution in [0.2, 0.25) is 0 Å². The Balaban J connectivity index is 0.000000185. The van der Waals surface area contributed by atoms with Crippen LogP contribution in [0.25, 0.3) is 0 Å². The molecule has 0 aromatic heterocycles. The number of nitrogens with two attached hydrogens (primary N) is 4. The largest absolute Gasteiger partial charge is 0.366 e. The van der Waals surface area contributed by atoms with E-state index in [2.05, 4.69) is 41.4 Å². The summed E-state index contributed by atoms with van der Waals surface area (Å²) in [6.45, 7) is 0. The Morgan fingerprint density at radius 2 is 1.53 bits per heavy atom. The van der Waals surface area contributed by atoms with Gasteiger partial charge >= 0.3 is 0 Å². The molecule has 0 aliphatic carbocycles. The highest BCUT2D eigenvalue weighted by Crippen LogP contribution is 2.16. The number of hydrazine groups is 2. The van der Waals surface area contributed by atoms with Gasteiger partial charge in [-0.25, -0.2) is 26.8 Å². The molecule has 0 fully saturated rings. The number of nitrogens with zero attached hydrogens (tertiary/aromatic N) is 8. The summed E-state index contributed by atoms with van der Waals surface area (Å²) < 4.78 is 0. The van der Waals surface area contributed by atoms with Crippen LogP contribution in [-0.2, 0) is 0 Å². The lowest BCUT2D eigenvalue weighted by molar-refractivity contribution is 0.457. The van der Waals surface area contributed by atoms with Crippen molar-refractivity contribution in [3.8, 4) is 0 Å². The predicted octanol–water partition coefficient (Wildman–Crippen LogP) is -1.67. The van der Waals surface area contributed by atoms with Crippen LogP contribution < -0.4 is 23.3 Å². The molecule has 2 heterocycles. The van der Waals surface area contributed by atoms with Crippen molar-refractivity contribution in [3.05, 3.63) is 11.6 Å². The predicted molar refractivity (Wildman–Crippen MR) is 59.7 cm³/mol. The maximum atomic E-state index is 4.92. The van der Waals surface area contributed by atoms with E-state index in [0.717, 1.165) is 0 Å². The second-order valence-corrected chi connectivity index (χ2v) is 2.46. The third-order valence-corrected chi connectivity index (χ3v) is 1.37. The summed E-state index contributed by atoms with van der Waals surface area (Å²) in [7, 11) is 0. The molecule has 0 unspecified atom stereocenters. The van der Waals surface area contributed by atoms with E-state index < -0.39 is 0 Å². The first-order chi connectivity index (χ1) is 8.15. The van der Waals surface area contributed by atoms with E-state index >= 15 is 0 Å². The second-order valence-electron chi connectivity index (χ2n) is 2.46. The summed E-state index contributed by atoms with van der Waals surface area (Å²) in [5.74, 6) is 15.0. The van der Waals surface area contributed by atoms with E-state index in [-0.39, 0.29) is 5.96 Å². The van der Waals surface area contributed by atoms with E-state index in [1.807, 2.05) is 0 Å². The van der Waals surface area contributed by atoms with Crippen molar-refractivity contribution in [2.45, 2.75) is 0 Å². The topological polar surface area (TPSA) is 194 Å². The molecule has 0 saturated heterocycles. The molecule has 90 valence electrons. The summed E-state index contributed by atoms with van der Waals surface area (Å²) in [4.78, 5) is 7.54. The Hall–Kier alpha value is -2.73. The molecule has 17 heavy (non-hydrogen) atoms. The second kappa shape index (κ2) is 5.99. The van der Waals surface area contributed by atoms with Crippen LogP contribution in [0.15, 0.2) is 47.2 Å². The number of guanidine groups is 1. The fourth-order valence-electron chi connectivity index (χ4n) is 0.645. The smallest absolute Gasteiger partial charge is 0.242 e. The molecule has 0 aromatic rings. The normalized spacial score (nSPS) is 20.7.